The van der Waals surface area contributed by atoms with Crippen molar-refractivity contribution >= 4 is 0 Å². The van der Waals surface area contributed by atoms with Gasteiger partial charge in [-0.05, 0) is 26.1 Å². The third-order valence-corrected chi connectivity index (χ3v) is 0.759. The van der Waals surface area contributed by atoms with E-state index in [1.165, 1.54) is 0 Å². The SMILES string of the molecule is C/C=C\N/C=C\C=C\C. The molecule has 0 atom stereocenters. The van der Waals surface area contributed by atoms with Crippen LogP contribution >= 0.6 is 0 Å². The fraction of sp³-hybridized carbons (Fsp3) is 0.250. The maximum absolute atomic E-state index is 2.96. The highest BCUT2D eigenvalue weighted by Crippen LogP contribution is 1.72. The quantitative estimate of drug-likeness (QED) is 0.567. The predicted molar refractivity (Wildman–Crippen MR) is 41.9 cm³/mol. The molecule has 0 rings (SSSR count). The second-order valence-corrected chi connectivity index (χ2v) is 1.55. The molecule has 0 saturated heterocycles. The average Bonchev–Trinajstić information content (AvgIpc) is 1.89. The maximum atomic E-state index is 2.96. The molecule has 0 radical (unpaired) electrons. The van der Waals surface area contributed by atoms with E-state index in [0.717, 1.165) is 0 Å². The third kappa shape index (κ3) is 7.02. The van der Waals surface area contributed by atoms with Gasteiger partial charge in [0.15, 0.2) is 0 Å². The molecule has 0 saturated carbocycles. The summed E-state index contributed by atoms with van der Waals surface area (Å²) in [5, 5.41) is 2.96. The molecular formula is C8H13N. The zero-order valence-electron chi connectivity index (χ0n) is 5.96. The Morgan fingerprint density at radius 3 is 2.22 bits per heavy atom. The molecule has 1 N–H and O–H groups in total. The summed E-state index contributed by atoms with van der Waals surface area (Å²) in [6, 6.07) is 0. The highest BCUT2D eigenvalue weighted by Gasteiger charge is 1.59. The Bertz CT molecular complexity index is 121. The molecule has 0 aliphatic heterocycles. The van der Waals surface area contributed by atoms with Crippen molar-refractivity contribution in [2.75, 3.05) is 0 Å². The van der Waals surface area contributed by atoms with E-state index in [0.29, 0.717) is 0 Å². The van der Waals surface area contributed by atoms with Crippen molar-refractivity contribution < 1.29 is 0 Å². The van der Waals surface area contributed by atoms with Gasteiger partial charge in [0.1, 0.15) is 0 Å². The van der Waals surface area contributed by atoms with Crippen LogP contribution in [0.4, 0.5) is 0 Å². The van der Waals surface area contributed by atoms with Crippen molar-refractivity contribution in [3.8, 4) is 0 Å². The molecule has 1 heteroatoms. The van der Waals surface area contributed by atoms with E-state index < -0.39 is 0 Å². The van der Waals surface area contributed by atoms with Crippen molar-refractivity contribution in [2.45, 2.75) is 13.8 Å². The smallest absolute Gasteiger partial charge is 0.000418 e. The second kappa shape index (κ2) is 7.02. The van der Waals surface area contributed by atoms with Crippen LogP contribution in [-0.4, -0.2) is 0 Å². The predicted octanol–water partition coefficient (Wildman–Crippen LogP) is 2.20. The molecule has 0 amide bonds. The first-order valence-electron chi connectivity index (χ1n) is 3.07. The van der Waals surface area contributed by atoms with Gasteiger partial charge in [-0.1, -0.05) is 18.2 Å². The summed E-state index contributed by atoms with van der Waals surface area (Å²) in [5.41, 5.74) is 0. The lowest BCUT2D eigenvalue weighted by molar-refractivity contribution is 1.19. The van der Waals surface area contributed by atoms with Crippen LogP contribution in [0.5, 0.6) is 0 Å². The zero-order chi connectivity index (χ0) is 6.95. The lowest BCUT2D eigenvalue weighted by Crippen LogP contribution is -1.88. The van der Waals surface area contributed by atoms with Crippen LogP contribution in [0.2, 0.25) is 0 Å². The molecule has 0 unspecified atom stereocenters. The molecular weight excluding hydrogens is 110 g/mol. The van der Waals surface area contributed by atoms with Gasteiger partial charge in [0, 0.05) is 6.20 Å². The molecule has 0 bridgehead atoms. The zero-order valence-corrected chi connectivity index (χ0v) is 5.96. The molecule has 0 aliphatic carbocycles. The van der Waals surface area contributed by atoms with Crippen LogP contribution < -0.4 is 5.32 Å². The van der Waals surface area contributed by atoms with Gasteiger partial charge in [-0.2, -0.15) is 0 Å². The van der Waals surface area contributed by atoms with Crippen molar-refractivity contribution in [1.29, 1.82) is 0 Å². The average molecular weight is 123 g/mol. The number of hydrogen-bond acceptors (Lipinski definition) is 1. The van der Waals surface area contributed by atoms with Crippen molar-refractivity contribution in [3.63, 3.8) is 0 Å². The molecule has 0 spiro atoms. The summed E-state index contributed by atoms with van der Waals surface area (Å²) < 4.78 is 0. The van der Waals surface area contributed by atoms with Gasteiger partial charge in [-0.15, -0.1) is 0 Å². The van der Waals surface area contributed by atoms with Gasteiger partial charge in [-0.25, -0.2) is 0 Å². The minimum absolute atomic E-state index is 1.88. The van der Waals surface area contributed by atoms with E-state index in [9.17, 15) is 0 Å². The van der Waals surface area contributed by atoms with E-state index in [2.05, 4.69) is 5.32 Å². The molecule has 0 aromatic heterocycles. The number of nitrogens with one attached hydrogen (secondary N) is 1. The largest absolute Gasteiger partial charge is 0.368 e. The Balaban J connectivity index is 3.25. The normalized spacial score (nSPS) is 12.2. The molecule has 1 nitrogen and oxygen atoms in total. The van der Waals surface area contributed by atoms with Gasteiger partial charge in [0.25, 0.3) is 0 Å². The summed E-state index contributed by atoms with van der Waals surface area (Å²) >= 11 is 0. The van der Waals surface area contributed by atoms with E-state index in [-0.39, 0.29) is 0 Å². The summed E-state index contributed by atoms with van der Waals surface area (Å²) in [5.74, 6) is 0. The van der Waals surface area contributed by atoms with E-state index in [1.54, 1.807) is 0 Å². The Morgan fingerprint density at radius 1 is 0.889 bits per heavy atom. The molecule has 0 aromatic rings. The van der Waals surface area contributed by atoms with Crippen molar-refractivity contribution in [2.24, 2.45) is 0 Å². The Hall–Kier alpha value is -0.980. The number of allylic oxidation sites excluding steroid dienone is 4. The molecule has 0 aromatic carbocycles. The van der Waals surface area contributed by atoms with Gasteiger partial charge in [-0.3, -0.25) is 0 Å². The van der Waals surface area contributed by atoms with Crippen LogP contribution in [0.1, 0.15) is 13.8 Å². The monoisotopic (exact) mass is 123 g/mol. The molecule has 0 fully saturated rings. The number of rotatable bonds is 3. The van der Waals surface area contributed by atoms with Crippen LogP contribution in [0.25, 0.3) is 0 Å². The summed E-state index contributed by atoms with van der Waals surface area (Å²) in [7, 11) is 0. The van der Waals surface area contributed by atoms with Gasteiger partial charge < -0.3 is 5.32 Å². The van der Waals surface area contributed by atoms with Crippen molar-refractivity contribution in [1.82, 2.24) is 5.32 Å². The first kappa shape index (κ1) is 8.02. The summed E-state index contributed by atoms with van der Waals surface area (Å²) in [4.78, 5) is 0. The van der Waals surface area contributed by atoms with Crippen LogP contribution in [-0.2, 0) is 0 Å². The highest BCUT2D eigenvalue weighted by atomic mass is 14.8. The van der Waals surface area contributed by atoms with Crippen molar-refractivity contribution in [3.05, 3.63) is 36.7 Å². The van der Waals surface area contributed by atoms with Gasteiger partial charge in [0.2, 0.25) is 0 Å². The topological polar surface area (TPSA) is 12.0 Å². The van der Waals surface area contributed by atoms with Gasteiger partial charge >= 0.3 is 0 Å². The van der Waals surface area contributed by atoms with Gasteiger partial charge in [0.05, 0.1) is 0 Å². The van der Waals surface area contributed by atoms with E-state index >= 15 is 0 Å². The standard InChI is InChI=1S/C8H13N/c1-3-5-6-8-9-7-4-2/h3-9H,1-2H3/b5-3+,7-4-,8-6-. The lowest BCUT2D eigenvalue weighted by Gasteiger charge is -1.83. The van der Waals surface area contributed by atoms with E-state index in [4.69, 9.17) is 0 Å². The summed E-state index contributed by atoms with van der Waals surface area (Å²) in [6.45, 7) is 3.95. The van der Waals surface area contributed by atoms with Crippen LogP contribution in [0, 0.1) is 0 Å². The molecule has 0 aliphatic rings. The third-order valence-electron chi connectivity index (χ3n) is 0.759. The highest BCUT2D eigenvalue weighted by molar-refractivity contribution is 5.01. The van der Waals surface area contributed by atoms with Crippen LogP contribution in [0.3, 0.4) is 0 Å². The van der Waals surface area contributed by atoms with E-state index in [1.807, 2.05) is 50.6 Å². The number of hydrogen-bond donors (Lipinski definition) is 1. The Labute approximate surface area is 56.8 Å². The summed E-state index contributed by atoms with van der Waals surface area (Å²) in [6.07, 6.45) is 11.6. The fourth-order valence-corrected chi connectivity index (χ4v) is 0.374. The fourth-order valence-electron chi connectivity index (χ4n) is 0.374. The second-order valence-electron chi connectivity index (χ2n) is 1.55. The Kier molecular flexibility index (Phi) is 6.26. The molecule has 0 heterocycles. The lowest BCUT2D eigenvalue weighted by atomic mass is 10.5. The Morgan fingerprint density at radius 2 is 1.67 bits per heavy atom. The first-order chi connectivity index (χ1) is 4.41. The first-order valence-corrected chi connectivity index (χ1v) is 3.07. The molecule has 9 heavy (non-hydrogen) atoms. The minimum Gasteiger partial charge on any atom is -0.368 e. The van der Waals surface area contributed by atoms with Crippen LogP contribution in [0.15, 0.2) is 36.7 Å². The maximum Gasteiger partial charge on any atom is 0.000418 e. The minimum atomic E-state index is 1.88. The molecule has 50 valence electrons.